The number of rotatable bonds is 2. The first-order valence-electron chi connectivity index (χ1n) is 7.29. The van der Waals surface area contributed by atoms with Crippen LogP contribution in [0.15, 0.2) is 28.7 Å². The van der Waals surface area contributed by atoms with Gasteiger partial charge in [-0.1, -0.05) is 28.1 Å². The highest BCUT2D eigenvalue weighted by Crippen LogP contribution is 2.15. The molecule has 1 amide bonds. The Kier molecular flexibility index (Phi) is 5.27. The number of nitrogens with one attached hydrogen (secondary N) is 1. The number of ether oxygens (including phenoxy) is 1. The summed E-state index contributed by atoms with van der Waals surface area (Å²) in [6.45, 7) is 7.88. The molecule has 1 unspecified atom stereocenters. The monoisotopic (exact) mass is 354 g/mol. The van der Waals surface area contributed by atoms with Crippen LogP contribution in [0.4, 0.5) is 4.79 Å². The Balaban J connectivity index is 1.91. The predicted molar refractivity (Wildman–Crippen MR) is 87.4 cm³/mol. The topological polar surface area (TPSA) is 41.6 Å². The van der Waals surface area contributed by atoms with Gasteiger partial charge in [-0.3, -0.25) is 0 Å². The molecule has 5 heteroatoms. The third-order valence-corrected chi connectivity index (χ3v) is 3.83. The van der Waals surface area contributed by atoms with Crippen molar-refractivity contribution in [3.63, 3.8) is 0 Å². The van der Waals surface area contributed by atoms with Gasteiger partial charge in [0.05, 0.1) is 0 Å². The third kappa shape index (κ3) is 5.32. The zero-order chi connectivity index (χ0) is 15.5. The Morgan fingerprint density at radius 1 is 1.38 bits per heavy atom. The largest absolute Gasteiger partial charge is 0.444 e. The summed E-state index contributed by atoms with van der Waals surface area (Å²) in [7, 11) is 0. The maximum Gasteiger partial charge on any atom is 0.410 e. The molecule has 1 aliphatic heterocycles. The van der Waals surface area contributed by atoms with E-state index in [0.29, 0.717) is 13.1 Å². The van der Waals surface area contributed by atoms with Gasteiger partial charge < -0.3 is 15.0 Å². The normalized spacial score (nSPS) is 19.4. The van der Waals surface area contributed by atoms with Crippen molar-refractivity contribution in [3.8, 4) is 0 Å². The first-order chi connectivity index (χ1) is 9.83. The lowest BCUT2D eigenvalue weighted by Crippen LogP contribution is -2.54. The minimum absolute atomic E-state index is 0.218. The summed E-state index contributed by atoms with van der Waals surface area (Å²) in [4.78, 5) is 13.9. The van der Waals surface area contributed by atoms with Crippen LogP contribution in [-0.2, 0) is 11.2 Å². The molecule has 1 atom stereocenters. The lowest BCUT2D eigenvalue weighted by Gasteiger charge is -2.35. The zero-order valence-corrected chi connectivity index (χ0v) is 14.4. The SMILES string of the molecule is CC(C)(C)OC(=O)N1CCNC(Cc2ccc(Br)cc2)C1. The van der Waals surface area contributed by atoms with Gasteiger partial charge in [0.1, 0.15) is 5.60 Å². The summed E-state index contributed by atoms with van der Waals surface area (Å²) in [5.74, 6) is 0. The standard InChI is InChI=1S/C16H23BrN2O2/c1-16(2,3)21-15(20)19-9-8-18-14(11-19)10-12-4-6-13(17)7-5-12/h4-7,14,18H,8-11H2,1-3H3. The third-order valence-electron chi connectivity index (χ3n) is 3.30. The number of amides is 1. The van der Waals surface area contributed by atoms with Gasteiger partial charge in [0, 0.05) is 30.1 Å². The average molecular weight is 355 g/mol. The number of hydrogen-bond donors (Lipinski definition) is 1. The van der Waals surface area contributed by atoms with Gasteiger partial charge in [-0.05, 0) is 44.9 Å². The number of hydrogen-bond acceptors (Lipinski definition) is 3. The van der Waals surface area contributed by atoms with E-state index >= 15 is 0 Å². The Bertz CT molecular complexity index is 482. The van der Waals surface area contributed by atoms with Crippen LogP contribution in [0.1, 0.15) is 26.3 Å². The maximum absolute atomic E-state index is 12.1. The van der Waals surface area contributed by atoms with E-state index in [1.165, 1.54) is 5.56 Å². The minimum Gasteiger partial charge on any atom is -0.444 e. The van der Waals surface area contributed by atoms with Crippen molar-refractivity contribution in [2.24, 2.45) is 0 Å². The van der Waals surface area contributed by atoms with E-state index in [0.717, 1.165) is 17.4 Å². The molecule has 1 aliphatic rings. The van der Waals surface area contributed by atoms with Crippen molar-refractivity contribution in [1.82, 2.24) is 10.2 Å². The van der Waals surface area contributed by atoms with Crippen LogP contribution >= 0.6 is 15.9 Å². The van der Waals surface area contributed by atoms with Crippen LogP contribution < -0.4 is 5.32 Å². The molecule has 116 valence electrons. The van der Waals surface area contributed by atoms with Gasteiger partial charge in [-0.25, -0.2) is 4.79 Å². The summed E-state index contributed by atoms with van der Waals surface area (Å²) >= 11 is 3.44. The van der Waals surface area contributed by atoms with Crippen molar-refractivity contribution >= 4 is 22.0 Å². The number of halogens is 1. The first kappa shape index (κ1) is 16.3. The van der Waals surface area contributed by atoms with Crippen molar-refractivity contribution in [2.45, 2.75) is 38.8 Å². The van der Waals surface area contributed by atoms with Crippen molar-refractivity contribution in [1.29, 1.82) is 0 Å². The summed E-state index contributed by atoms with van der Waals surface area (Å²) in [6.07, 6.45) is 0.692. The molecule has 0 radical (unpaired) electrons. The fourth-order valence-corrected chi connectivity index (χ4v) is 2.62. The van der Waals surface area contributed by atoms with Crippen molar-refractivity contribution < 1.29 is 9.53 Å². The smallest absolute Gasteiger partial charge is 0.410 e. The fourth-order valence-electron chi connectivity index (χ4n) is 2.36. The summed E-state index contributed by atoms with van der Waals surface area (Å²) in [5, 5.41) is 3.47. The second kappa shape index (κ2) is 6.79. The van der Waals surface area contributed by atoms with Crippen LogP contribution in [0, 0.1) is 0 Å². The second-order valence-electron chi connectivity index (χ2n) is 6.41. The maximum atomic E-state index is 12.1. The van der Waals surface area contributed by atoms with Gasteiger partial charge in [0.2, 0.25) is 0 Å². The molecule has 0 aromatic heterocycles. The number of nitrogens with zero attached hydrogens (tertiary/aromatic N) is 1. The number of carbonyl (C=O) groups excluding carboxylic acids is 1. The molecule has 1 saturated heterocycles. The fraction of sp³-hybridized carbons (Fsp3) is 0.562. The zero-order valence-electron chi connectivity index (χ0n) is 12.9. The van der Waals surface area contributed by atoms with Crippen LogP contribution in [0.3, 0.4) is 0 Å². The molecule has 0 saturated carbocycles. The molecular weight excluding hydrogens is 332 g/mol. The van der Waals surface area contributed by atoms with Crippen LogP contribution in [0.5, 0.6) is 0 Å². The summed E-state index contributed by atoms with van der Waals surface area (Å²) in [5.41, 5.74) is 0.824. The molecule has 2 rings (SSSR count). The minimum atomic E-state index is -0.441. The average Bonchev–Trinajstić information content (AvgIpc) is 2.40. The van der Waals surface area contributed by atoms with Gasteiger partial charge in [-0.15, -0.1) is 0 Å². The van der Waals surface area contributed by atoms with E-state index < -0.39 is 5.60 Å². The number of carbonyl (C=O) groups is 1. The highest BCUT2D eigenvalue weighted by molar-refractivity contribution is 9.10. The molecule has 21 heavy (non-hydrogen) atoms. The number of benzene rings is 1. The molecular formula is C16H23BrN2O2. The number of piperazine rings is 1. The van der Waals surface area contributed by atoms with E-state index in [2.05, 4.69) is 33.4 Å². The Morgan fingerprint density at radius 3 is 2.67 bits per heavy atom. The van der Waals surface area contributed by atoms with E-state index in [9.17, 15) is 4.79 Å². The van der Waals surface area contributed by atoms with Gasteiger partial charge in [0.25, 0.3) is 0 Å². The molecule has 1 fully saturated rings. The van der Waals surface area contributed by atoms with Crippen molar-refractivity contribution in [3.05, 3.63) is 34.3 Å². The van der Waals surface area contributed by atoms with Gasteiger partial charge >= 0.3 is 6.09 Å². The molecule has 1 heterocycles. The van der Waals surface area contributed by atoms with E-state index in [1.54, 1.807) is 4.90 Å². The molecule has 1 aromatic rings. The molecule has 4 nitrogen and oxygen atoms in total. The predicted octanol–water partition coefficient (Wildman–Crippen LogP) is 3.20. The lowest BCUT2D eigenvalue weighted by molar-refractivity contribution is 0.0195. The molecule has 1 aromatic carbocycles. The molecule has 0 aliphatic carbocycles. The van der Waals surface area contributed by atoms with E-state index in [-0.39, 0.29) is 12.1 Å². The van der Waals surface area contributed by atoms with E-state index in [4.69, 9.17) is 4.74 Å². The quantitative estimate of drug-likeness (QED) is 0.886. The Hall–Kier alpha value is -1.07. The molecule has 1 N–H and O–H groups in total. The van der Waals surface area contributed by atoms with Crippen molar-refractivity contribution in [2.75, 3.05) is 19.6 Å². The van der Waals surface area contributed by atoms with E-state index in [1.807, 2.05) is 32.9 Å². The molecule has 0 bridgehead atoms. The Morgan fingerprint density at radius 2 is 2.05 bits per heavy atom. The van der Waals surface area contributed by atoms with Crippen LogP contribution in [-0.4, -0.2) is 42.3 Å². The lowest BCUT2D eigenvalue weighted by atomic mass is 10.0. The molecule has 0 spiro atoms. The Labute approximate surface area is 135 Å². The van der Waals surface area contributed by atoms with Gasteiger partial charge in [-0.2, -0.15) is 0 Å². The highest BCUT2D eigenvalue weighted by Gasteiger charge is 2.27. The summed E-state index contributed by atoms with van der Waals surface area (Å²) in [6, 6.07) is 8.58. The van der Waals surface area contributed by atoms with Gasteiger partial charge in [0.15, 0.2) is 0 Å². The second-order valence-corrected chi connectivity index (χ2v) is 7.32. The first-order valence-corrected chi connectivity index (χ1v) is 8.08. The van der Waals surface area contributed by atoms with Crippen LogP contribution in [0.25, 0.3) is 0 Å². The summed E-state index contributed by atoms with van der Waals surface area (Å²) < 4.78 is 6.53. The highest BCUT2D eigenvalue weighted by atomic mass is 79.9. The van der Waals surface area contributed by atoms with Crippen LogP contribution in [0.2, 0.25) is 0 Å².